The molecule has 3 aromatic rings. The Morgan fingerprint density at radius 2 is 1.68 bits per heavy atom. The largest absolute Gasteiger partial charge is 0.346 e. The number of amides is 1. The van der Waals surface area contributed by atoms with Crippen LogP contribution >= 0.6 is 0 Å². The van der Waals surface area contributed by atoms with E-state index in [0.717, 1.165) is 5.56 Å². The number of halogens is 2. The van der Waals surface area contributed by atoms with Crippen LogP contribution in [0, 0.1) is 11.6 Å². The number of nitrogens with zero attached hydrogens (tertiary/aromatic N) is 1. The summed E-state index contributed by atoms with van der Waals surface area (Å²) in [6.45, 7) is 1.78. The highest BCUT2D eigenvalue weighted by Crippen LogP contribution is 2.23. The van der Waals surface area contributed by atoms with Gasteiger partial charge in [-0.05, 0) is 54.4 Å². The molecule has 1 amide bonds. The van der Waals surface area contributed by atoms with Gasteiger partial charge >= 0.3 is 0 Å². The molecule has 126 valence electrons. The van der Waals surface area contributed by atoms with E-state index >= 15 is 0 Å². The van der Waals surface area contributed by atoms with Gasteiger partial charge in [-0.1, -0.05) is 18.2 Å². The van der Waals surface area contributed by atoms with E-state index in [4.69, 9.17) is 0 Å². The first kappa shape index (κ1) is 16.8. The van der Waals surface area contributed by atoms with Crippen molar-refractivity contribution < 1.29 is 13.6 Å². The van der Waals surface area contributed by atoms with Crippen molar-refractivity contribution in [2.45, 2.75) is 13.0 Å². The first-order valence-corrected chi connectivity index (χ1v) is 7.81. The smallest absolute Gasteiger partial charge is 0.251 e. The third kappa shape index (κ3) is 3.88. The maximum Gasteiger partial charge on any atom is 0.251 e. The SMILES string of the molecule is CC(NC(=O)c1ccc(-c2ccncc2)c(F)c1)c1ccc(F)cc1. The van der Waals surface area contributed by atoms with Crippen molar-refractivity contribution in [3.05, 3.63) is 89.8 Å². The monoisotopic (exact) mass is 338 g/mol. The lowest BCUT2D eigenvalue weighted by Crippen LogP contribution is -2.26. The lowest BCUT2D eigenvalue weighted by Gasteiger charge is -2.15. The van der Waals surface area contributed by atoms with Gasteiger partial charge in [0.05, 0.1) is 6.04 Å². The highest BCUT2D eigenvalue weighted by molar-refractivity contribution is 5.95. The predicted octanol–water partition coefficient (Wildman–Crippen LogP) is 4.52. The van der Waals surface area contributed by atoms with E-state index in [0.29, 0.717) is 11.1 Å². The van der Waals surface area contributed by atoms with E-state index in [9.17, 15) is 13.6 Å². The molecule has 0 saturated carbocycles. The molecule has 0 bridgehead atoms. The van der Waals surface area contributed by atoms with E-state index in [-0.39, 0.29) is 17.4 Å². The van der Waals surface area contributed by atoms with Gasteiger partial charge in [0.15, 0.2) is 0 Å². The Morgan fingerprint density at radius 1 is 1.00 bits per heavy atom. The van der Waals surface area contributed by atoms with E-state index in [1.54, 1.807) is 55.7 Å². The molecular weight excluding hydrogens is 322 g/mol. The fourth-order valence-electron chi connectivity index (χ4n) is 2.54. The lowest BCUT2D eigenvalue weighted by atomic mass is 10.0. The highest BCUT2D eigenvalue weighted by Gasteiger charge is 2.14. The molecule has 5 heteroatoms. The number of hydrogen-bond donors (Lipinski definition) is 1. The molecule has 1 unspecified atom stereocenters. The van der Waals surface area contributed by atoms with Crippen molar-refractivity contribution in [1.82, 2.24) is 10.3 Å². The second-order valence-corrected chi connectivity index (χ2v) is 5.68. The van der Waals surface area contributed by atoms with Crippen LogP contribution in [0.2, 0.25) is 0 Å². The molecule has 3 nitrogen and oxygen atoms in total. The number of carbonyl (C=O) groups is 1. The summed E-state index contributed by atoms with van der Waals surface area (Å²) >= 11 is 0. The van der Waals surface area contributed by atoms with Crippen molar-refractivity contribution in [3.8, 4) is 11.1 Å². The topological polar surface area (TPSA) is 42.0 Å². The molecular formula is C20H16F2N2O. The fraction of sp³-hybridized carbons (Fsp3) is 0.100. The molecule has 1 N–H and O–H groups in total. The molecule has 25 heavy (non-hydrogen) atoms. The molecule has 2 aromatic carbocycles. The Kier molecular flexibility index (Phi) is 4.84. The van der Waals surface area contributed by atoms with E-state index in [1.807, 2.05) is 0 Å². The van der Waals surface area contributed by atoms with Crippen LogP contribution in [-0.4, -0.2) is 10.9 Å². The Balaban J connectivity index is 1.76. The van der Waals surface area contributed by atoms with Crippen molar-refractivity contribution in [3.63, 3.8) is 0 Å². The summed E-state index contributed by atoms with van der Waals surface area (Å²) in [5, 5.41) is 2.78. The number of rotatable bonds is 4. The molecule has 0 aliphatic carbocycles. The van der Waals surface area contributed by atoms with E-state index in [2.05, 4.69) is 10.3 Å². The fourth-order valence-corrected chi connectivity index (χ4v) is 2.54. The maximum atomic E-state index is 14.4. The second-order valence-electron chi connectivity index (χ2n) is 5.68. The zero-order valence-electron chi connectivity index (χ0n) is 13.5. The minimum atomic E-state index is -0.478. The summed E-state index contributed by atoms with van der Waals surface area (Å²) in [7, 11) is 0. The van der Waals surface area contributed by atoms with Crippen LogP contribution in [0.1, 0.15) is 28.9 Å². The summed E-state index contributed by atoms with van der Waals surface area (Å²) in [6, 6.07) is 13.3. The Morgan fingerprint density at radius 3 is 2.32 bits per heavy atom. The van der Waals surface area contributed by atoms with Crippen LogP contribution in [0.15, 0.2) is 67.0 Å². The molecule has 1 atom stereocenters. The molecule has 0 aliphatic heterocycles. The number of aromatic nitrogens is 1. The first-order valence-electron chi connectivity index (χ1n) is 7.81. The third-order valence-electron chi connectivity index (χ3n) is 3.94. The Hall–Kier alpha value is -3.08. The Labute approximate surface area is 144 Å². The minimum absolute atomic E-state index is 0.226. The molecule has 0 radical (unpaired) electrons. The zero-order valence-corrected chi connectivity index (χ0v) is 13.5. The molecule has 0 aliphatic rings. The molecule has 0 saturated heterocycles. The maximum absolute atomic E-state index is 14.4. The van der Waals surface area contributed by atoms with Crippen LogP contribution in [0.3, 0.4) is 0 Å². The van der Waals surface area contributed by atoms with Gasteiger partial charge in [0.25, 0.3) is 5.91 Å². The first-order chi connectivity index (χ1) is 12.0. The van der Waals surface area contributed by atoms with Gasteiger partial charge in [0.2, 0.25) is 0 Å². The molecule has 0 spiro atoms. The number of nitrogens with one attached hydrogen (secondary N) is 1. The summed E-state index contributed by atoms with van der Waals surface area (Å²) in [5.74, 6) is -1.21. The number of benzene rings is 2. The summed E-state index contributed by atoms with van der Waals surface area (Å²) < 4.78 is 27.3. The van der Waals surface area contributed by atoms with Gasteiger partial charge in [0.1, 0.15) is 11.6 Å². The molecule has 1 aromatic heterocycles. The van der Waals surface area contributed by atoms with Gasteiger partial charge in [0, 0.05) is 23.5 Å². The van der Waals surface area contributed by atoms with Crippen LogP contribution in [-0.2, 0) is 0 Å². The minimum Gasteiger partial charge on any atom is -0.346 e. The third-order valence-corrected chi connectivity index (χ3v) is 3.94. The quantitative estimate of drug-likeness (QED) is 0.760. The van der Waals surface area contributed by atoms with Gasteiger partial charge in [-0.25, -0.2) is 8.78 Å². The molecule has 1 heterocycles. The van der Waals surface area contributed by atoms with Crippen molar-refractivity contribution in [2.75, 3.05) is 0 Å². The summed E-state index contributed by atoms with van der Waals surface area (Å²) in [4.78, 5) is 16.2. The van der Waals surface area contributed by atoms with Gasteiger partial charge in [-0.15, -0.1) is 0 Å². The lowest BCUT2D eigenvalue weighted by molar-refractivity contribution is 0.0939. The van der Waals surface area contributed by atoms with Crippen molar-refractivity contribution in [2.24, 2.45) is 0 Å². The van der Waals surface area contributed by atoms with Crippen LogP contribution in [0.25, 0.3) is 11.1 Å². The Bertz CT molecular complexity index is 880. The van der Waals surface area contributed by atoms with E-state index in [1.165, 1.54) is 18.2 Å². The normalized spacial score (nSPS) is 11.8. The predicted molar refractivity (Wildman–Crippen MR) is 91.9 cm³/mol. The summed E-state index contributed by atoms with van der Waals surface area (Å²) in [5.41, 5.74) is 2.09. The molecule has 0 fully saturated rings. The standard InChI is InChI=1S/C20H16F2N2O/c1-13(14-2-5-17(21)6-3-14)24-20(25)16-4-7-18(19(22)12-16)15-8-10-23-11-9-15/h2-13H,1H3,(H,24,25). The van der Waals surface area contributed by atoms with Gasteiger partial charge in [-0.2, -0.15) is 0 Å². The van der Waals surface area contributed by atoms with Gasteiger partial charge < -0.3 is 5.32 Å². The number of pyridine rings is 1. The zero-order chi connectivity index (χ0) is 17.8. The highest BCUT2D eigenvalue weighted by atomic mass is 19.1. The van der Waals surface area contributed by atoms with Crippen molar-refractivity contribution in [1.29, 1.82) is 0 Å². The molecule has 3 rings (SSSR count). The van der Waals surface area contributed by atoms with Crippen LogP contribution < -0.4 is 5.32 Å². The average molecular weight is 338 g/mol. The van der Waals surface area contributed by atoms with E-state index < -0.39 is 11.7 Å². The van der Waals surface area contributed by atoms with Crippen LogP contribution in [0.4, 0.5) is 8.78 Å². The summed E-state index contributed by atoms with van der Waals surface area (Å²) in [6.07, 6.45) is 3.17. The van der Waals surface area contributed by atoms with Gasteiger partial charge in [-0.3, -0.25) is 9.78 Å². The van der Waals surface area contributed by atoms with Crippen LogP contribution in [0.5, 0.6) is 0 Å². The van der Waals surface area contributed by atoms with Crippen molar-refractivity contribution >= 4 is 5.91 Å². The average Bonchev–Trinajstić information content (AvgIpc) is 2.62. The number of hydrogen-bond acceptors (Lipinski definition) is 2. The second kappa shape index (κ2) is 7.21. The number of carbonyl (C=O) groups excluding carboxylic acids is 1.